The summed E-state index contributed by atoms with van der Waals surface area (Å²) in [5.41, 5.74) is 0.543. The fourth-order valence-corrected chi connectivity index (χ4v) is 4.18. The number of aromatic nitrogens is 4. The molecule has 1 atom stereocenters. The number of carbonyl (C=O) groups is 2. The normalized spacial score (nSPS) is 15.2. The summed E-state index contributed by atoms with van der Waals surface area (Å²) in [5, 5.41) is 5.83. The zero-order valence-corrected chi connectivity index (χ0v) is 23.2. The molecule has 2 amide bonds. The van der Waals surface area contributed by atoms with Gasteiger partial charge in [-0.05, 0) is 33.8 Å². The molecule has 1 aliphatic rings. The summed E-state index contributed by atoms with van der Waals surface area (Å²) in [4.78, 5) is 44.9. The van der Waals surface area contributed by atoms with Crippen LogP contribution in [-0.4, -0.2) is 87.4 Å². The van der Waals surface area contributed by atoms with Crippen LogP contribution in [0.3, 0.4) is 0 Å². The van der Waals surface area contributed by atoms with Crippen molar-refractivity contribution < 1.29 is 27.5 Å². The predicted octanol–water partition coefficient (Wildman–Crippen LogP) is 4.21. The molecule has 0 saturated carbocycles. The summed E-state index contributed by atoms with van der Waals surface area (Å²) in [5.74, 6) is 0.179. The molecular formula is C25H30ClF3N8O3. The molecular weight excluding hydrogens is 553 g/mol. The Morgan fingerprint density at radius 1 is 1.15 bits per heavy atom. The minimum atomic E-state index is -4.53. The lowest BCUT2D eigenvalue weighted by Crippen LogP contribution is -2.50. The zero-order valence-electron chi connectivity index (χ0n) is 22.4. The monoisotopic (exact) mass is 582 g/mol. The molecule has 0 unspecified atom stereocenters. The standard InChI is InChI=1S/C25H30ClF3N8O3/c1-14(22(38)32-13-25(27,28)29)33-18-10-19(36-5-7-37(8-6-36)23(39)40-24(2,3)4)35-21(34-18)17-12-31-20-16(17)9-15(26)11-30-20/h9-12,14H,5-8,13H2,1-4H3,(H,30,31)(H,32,38)(H,33,34,35)/t14-/m0/s1. The number of hydrogen-bond acceptors (Lipinski definition) is 8. The number of halogens is 4. The Bertz CT molecular complexity index is 1380. The van der Waals surface area contributed by atoms with Crippen LogP contribution >= 0.6 is 11.6 Å². The van der Waals surface area contributed by atoms with Gasteiger partial charge in [0.2, 0.25) is 5.91 Å². The molecule has 0 aromatic carbocycles. The van der Waals surface area contributed by atoms with E-state index in [9.17, 15) is 22.8 Å². The van der Waals surface area contributed by atoms with E-state index in [-0.39, 0.29) is 11.6 Å². The van der Waals surface area contributed by atoms with Crippen molar-refractivity contribution in [3.63, 3.8) is 0 Å². The van der Waals surface area contributed by atoms with E-state index >= 15 is 0 Å². The van der Waals surface area contributed by atoms with E-state index in [0.29, 0.717) is 53.6 Å². The highest BCUT2D eigenvalue weighted by Crippen LogP contribution is 2.30. The van der Waals surface area contributed by atoms with Crippen LogP contribution in [0.5, 0.6) is 0 Å². The number of alkyl halides is 3. The van der Waals surface area contributed by atoms with Gasteiger partial charge >= 0.3 is 12.3 Å². The summed E-state index contributed by atoms with van der Waals surface area (Å²) >= 11 is 6.16. The number of piperazine rings is 1. The molecule has 11 nitrogen and oxygen atoms in total. The minimum absolute atomic E-state index is 0.230. The molecule has 0 spiro atoms. The van der Waals surface area contributed by atoms with E-state index in [2.05, 4.69) is 20.3 Å². The molecule has 3 N–H and O–H groups in total. The second-order valence-electron chi connectivity index (χ2n) is 10.3. The van der Waals surface area contributed by atoms with Crippen molar-refractivity contribution in [1.29, 1.82) is 0 Å². The fourth-order valence-electron chi connectivity index (χ4n) is 4.03. The Hall–Kier alpha value is -3.81. The average molecular weight is 583 g/mol. The number of ether oxygens (including phenoxy) is 1. The second-order valence-corrected chi connectivity index (χ2v) is 10.8. The first-order valence-corrected chi connectivity index (χ1v) is 12.9. The van der Waals surface area contributed by atoms with Crippen LogP contribution in [0.25, 0.3) is 22.4 Å². The Balaban J connectivity index is 1.60. The Morgan fingerprint density at radius 3 is 2.50 bits per heavy atom. The van der Waals surface area contributed by atoms with Crippen LogP contribution < -0.4 is 15.5 Å². The maximum absolute atomic E-state index is 12.6. The highest BCUT2D eigenvalue weighted by atomic mass is 35.5. The van der Waals surface area contributed by atoms with Gasteiger partial charge < -0.3 is 30.2 Å². The Labute approximate surface area is 233 Å². The van der Waals surface area contributed by atoms with Crippen molar-refractivity contribution in [2.24, 2.45) is 0 Å². The van der Waals surface area contributed by atoms with E-state index < -0.39 is 36.4 Å². The van der Waals surface area contributed by atoms with Crippen LogP contribution in [0, 0.1) is 0 Å². The van der Waals surface area contributed by atoms with E-state index in [1.807, 2.05) is 10.2 Å². The lowest BCUT2D eigenvalue weighted by molar-refractivity contribution is -0.138. The molecule has 15 heteroatoms. The van der Waals surface area contributed by atoms with Gasteiger partial charge in [-0.2, -0.15) is 13.2 Å². The molecule has 1 saturated heterocycles. The smallest absolute Gasteiger partial charge is 0.410 e. The SMILES string of the molecule is C[C@H](Nc1cc(N2CCN(C(=O)OC(C)(C)C)CC2)nc(-c2c[nH]c3ncc(Cl)cc23)n1)C(=O)NCC(F)(F)F. The van der Waals surface area contributed by atoms with Gasteiger partial charge in [0.15, 0.2) is 5.82 Å². The van der Waals surface area contributed by atoms with Crippen molar-refractivity contribution in [3.8, 4) is 11.4 Å². The number of nitrogens with zero attached hydrogens (tertiary/aromatic N) is 5. The summed E-state index contributed by atoms with van der Waals surface area (Å²) in [7, 11) is 0. The molecule has 0 radical (unpaired) electrons. The molecule has 4 heterocycles. The molecule has 3 aromatic heterocycles. The third kappa shape index (κ3) is 7.43. The number of anilines is 2. The fraction of sp³-hybridized carbons (Fsp3) is 0.480. The maximum atomic E-state index is 12.6. The number of carbonyl (C=O) groups excluding carboxylic acids is 2. The topological polar surface area (TPSA) is 128 Å². The number of rotatable bonds is 6. The number of pyridine rings is 1. The average Bonchev–Trinajstić information content (AvgIpc) is 3.28. The van der Waals surface area contributed by atoms with Crippen molar-refractivity contribution in [2.75, 3.05) is 42.9 Å². The van der Waals surface area contributed by atoms with Crippen molar-refractivity contribution in [3.05, 3.63) is 29.5 Å². The predicted molar refractivity (Wildman–Crippen MR) is 144 cm³/mol. The zero-order chi connectivity index (χ0) is 29.2. The quantitative estimate of drug-likeness (QED) is 0.394. The third-order valence-electron chi connectivity index (χ3n) is 5.93. The van der Waals surface area contributed by atoms with E-state index in [0.717, 1.165) is 0 Å². The number of H-pyrrole nitrogens is 1. The van der Waals surface area contributed by atoms with Gasteiger partial charge in [-0.3, -0.25) is 4.79 Å². The van der Waals surface area contributed by atoms with E-state index in [1.165, 1.54) is 13.1 Å². The van der Waals surface area contributed by atoms with Crippen LogP contribution in [-0.2, 0) is 9.53 Å². The summed E-state index contributed by atoms with van der Waals surface area (Å²) < 4.78 is 43.2. The Morgan fingerprint density at radius 2 is 1.85 bits per heavy atom. The first-order valence-electron chi connectivity index (χ1n) is 12.5. The highest BCUT2D eigenvalue weighted by Gasteiger charge is 2.30. The van der Waals surface area contributed by atoms with Gasteiger partial charge in [0.05, 0.1) is 5.02 Å². The molecule has 216 valence electrons. The van der Waals surface area contributed by atoms with E-state index in [4.69, 9.17) is 21.3 Å². The molecule has 1 fully saturated rings. The first-order chi connectivity index (χ1) is 18.7. The largest absolute Gasteiger partial charge is 0.444 e. The molecule has 3 aromatic rings. The number of nitrogens with one attached hydrogen (secondary N) is 3. The third-order valence-corrected chi connectivity index (χ3v) is 6.13. The van der Waals surface area contributed by atoms with Crippen LogP contribution in [0.1, 0.15) is 27.7 Å². The number of hydrogen-bond donors (Lipinski definition) is 3. The summed E-state index contributed by atoms with van der Waals surface area (Å²) in [6, 6.07) is 2.30. The highest BCUT2D eigenvalue weighted by molar-refractivity contribution is 6.31. The van der Waals surface area contributed by atoms with E-state index in [1.54, 1.807) is 44.0 Å². The number of aromatic amines is 1. The summed E-state index contributed by atoms with van der Waals surface area (Å²) in [6.07, 6.45) is -1.76. The maximum Gasteiger partial charge on any atom is 0.410 e. The second kappa shape index (κ2) is 11.4. The van der Waals surface area contributed by atoms with Gasteiger partial charge in [-0.25, -0.2) is 19.7 Å². The van der Waals surface area contributed by atoms with Crippen LogP contribution in [0.4, 0.5) is 29.6 Å². The van der Waals surface area contributed by atoms with Gasteiger partial charge in [0, 0.05) is 55.6 Å². The minimum Gasteiger partial charge on any atom is -0.444 e. The lowest BCUT2D eigenvalue weighted by Gasteiger charge is -2.36. The van der Waals surface area contributed by atoms with Crippen LogP contribution in [0.2, 0.25) is 5.02 Å². The van der Waals surface area contributed by atoms with Crippen molar-refractivity contribution in [2.45, 2.75) is 45.5 Å². The Kier molecular flexibility index (Phi) is 8.28. The van der Waals surface area contributed by atoms with Crippen LogP contribution in [0.15, 0.2) is 24.5 Å². The first kappa shape index (κ1) is 29.2. The van der Waals surface area contributed by atoms with Gasteiger partial charge in [0.25, 0.3) is 0 Å². The molecule has 1 aliphatic heterocycles. The molecule has 0 bridgehead atoms. The number of amides is 2. The van der Waals surface area contributed by atoms with Gasteiger partial charge in [-0.1, -0.05) is 11.6 Å². The van der Waals surface area contributed by atoms with Crippen molar-refractivity contribution in [1.82, 2.24) is 30.2 Å². The molecule has 0 aliphatic carbocycles. The van der Waals surface area contributed by atoms with Gasteiger partial charge in [-0.15, -0.1) is 0 Å². The lowest BCUT2D eigenvalue weighted by atomic mass is 10.2. The number of fused-ring (bicyclic) bond motifs is 1. The van der Waals surface area contributed by atoms with Gasteiger partial charge in [0.1, 0.15) is 35.5 Å². The van der Waals surface area contributed by atoms with Crippen molar-refractivity contribution >= 4 is 46.3 Å². The molecule has 4 rings (SSSR count). The molecule has 40 heavy (non-hydrogen) atoms. The summed E-state index contributed by atoms with van der Waals surface area (Å²) in [6.45, 7) is 7.06.